The number of hydrogen-bond donors (Lipinski definition) is 0. The van der Waals surface area contributed by atoms with Crippen molar-refractivity contribution in [2.75, 3.05) is 5.33 Å². The predicted octanol–water partition coefficient (Wildman–Crippen LogP) is 1.38. The molecule has 1 rings (SSSR count). The van der Waals surface area contributed by atoms with E-state index in [0.717, 1.165) is 0 Å². The number of nitrogens with zero attached hydrogens (tertiary/aromatic N) is 1. The largest absolute Gasteiger partial charge is 0.407 e. The average Bonchev–Trinajstić information content (AvgIpc) is 2.06. The van der Waals surface area contributed by atoms with Crippen LogP contribution < -0.4 is 4.74 Å². The summed E-state index contributed by atoms with van der Waals surface area (Å²) in [6.45, 7) is 0. The molecule has 0 aromatic carbocycles. The molecule has 4 heteroatoms. The Bertz CT molecular complexity index is 237. The second-order valence-corrected chi connectivity index (χ2v) is 2.34. The molecule has 58 valence electrons. The Balaban J connectivity index is 2.58. The lowest BCUT2D eigenvalue weighted by Gasteiger charge is -1.97. The molecule has 0 saturated carbocycles. The summed E-state index contributed by atoms with van der Waals surface area (Å²) in [5.41, 5.74) is 0. The van der Waals surface area contributed by atoms with Crippen LogP contribution in [0, 0.1) is 0 Å². The fourth-order valence-corrected chi connectivity index (χ4v) is 0.666. The predicted molar refractivity (Wildman–Crippen MR) is 43.7 cm³/mol. The molecule has 1 aromatic heterocycles. The van der Waals surface area contributed by atoms with Gasteiger partial charge in [-0.25, -0.2) is 4.98 Å². The third-order valence-corrected chi connectivity index (χ3v) is 1.42. The number of aromatic nitrogens is 1. The molecule has 0 unspecified atom stereocenters. The van der Waals surface area contributed by atoms with Gasteiger partial charge in [0.15, 0.2) is 0 Å². The van der Waals surface area contributed by atoms with Crippen molar-refractivity contribution in [3.8, 4) is 5.88 Å². The lowest BCUT2D eigenvalue weighted by atomic mass is 10.5. The number of carbonyl (C=O) groups excluding carboxylic acids is 1. The summed E-state index contributed by atoms with van der Waals surface area (Å²) in [4.78, 5) is 14.5. The van der Waals surface area contributed by atoms with Crippen LogP contribution in [0.15, 0.2) is 24.4 Å². The molecular weight excluding hydrogens is 210 g/mol. The quantitative estimate of drug-likeness (QED) is 0.553. The van der Waals surface area contributed by atoms with E-state index >= 15 is 0 Å². The van der Waals surface area contributed by atoms with Gasteiger partial charge in [0.1, 0.15) is 5.33 Å². The highest BCUT2D eigenvalue weighted by Gasteiger charge is 2.00. The molecule has 0 bridgehead atoms. The van der Waals surface area contributed by atoms with E-state index < -0.39 is 0 Å². The fourth-order valence-electron chi connectivity index (χ4n) is 0.551. The molecular formula is C7H6BrNO2. The van der Waals surface area contributed by atoms with E-state index in [1.807, 2.05) is 0 Å². The Morgan fingerprint density at radius 2 is 2.45 bits per heavy atom. The van der Waals surface area contributed by atoms with Gasteiger partial charge in [0.25, 0.3) is 0 Å². The highest BCUT2D eigenvalue weighted by molar-refractivity contribution is 9.09. The van der Waals surface area contributed by atoms with Crippen molar-refractivity contribution in [1.29, 1.82) is 0 Å². The number of pyridine rings is 1. The van der Waals surface area contributed by atoms with Gasteiger partial charge in [-0.1, -0.05) is 22.0 Å². The number of ether oxygens (including phenoxy) is 1. The molecule has 0 atom stereocenters. The maximum Gasteiger partial charge on any atom is 0.323 e. The zero-order valence-electron chi connectivity index (χ0n) is 5.66. The third-order valence-electron chi connectivity index (χ3n) is 0.965. The van der Waals surface area contributed by atoms with Crippen molar-refractivity contribution in [3.05, 3.63) is 24.4 Å². The van der Waals surface area contributed by atoms with Crippen LogP contribution in [0.5, 0.6) is 5.88 Å². The average molecular weight is 216 g/mol. The minimum absolute atomic E-state index is 0.184. The minimum Gasteiger partial charge on any atom is -0.407 e. The second-order valence-electron chi connectivity index (χ2n) is 1.78. The van der Waals surface area contributed by atoms with E-state index in [0.29, 0.717) is 5.88 Å². The fraction of sp³-hybridized carbons (Fsp3) is 0.143. The molecule has 0 N–H and O–H groups in total. The molecule has 0 radical (unpaired) electrons. The number of hydrogen-bond acceptors (Lipinski definition) is 3. The number of rotatable bonds is 2. The molecule has 0 amide bonds. The summed E-state index contributed by atoms with van der Waals surface area (Å²) >= 11 is 2.97. The first-order chi connectivity index (χ1) is 5.33. The van der Waals surface area contributed by atoms with E-state index in [4.69, 9.17) is 4.74 Å². The van der Waals surface area contributed by atoms with Crippen LogP contribution in [0.2, 0.25) is 0 Å². The minimum atomic E-state index is -0.344. The van der Waals surface area contributed by atoms with E-state index in [9.17, 15) is 4.79 Å². The molecule has 0 saturated heterocycles. The number of esters is 1. The smallest absolute Gasteiger partial charge is 0.323 e. The highest BCUT2D eigenvalue weighted by atomic mass is 79.9. The zero-order chi connectivity index (χ0) is 8.10. The van der Waals surface area contributed by atoms with E-state index in [-0.39, 0.29) is 11.3 Å². The molecule has 0 fully saturated rings. The first kappa shape index (κ1) is 8.20. The van der Waals surface area contributed by atoms with Crippen molar-refractivity contribution in [2.24, 2.45) is 0 Å². The summed E-state index contributed by atoms with van der Waals surface area (Å²) in [6.07, 6.45) is 1.57. The Morgan fingerprint density at radius 3 is 3.00 bits per heavy atom. The summed E-state index contributed by atoms with van der Waals surface area (Å²) in [7, 11) is 0. The molecule has 1 aromatic rings. The van der Waals surface area contributed by atoms with Crippen molar-refractivity contribution in [1.82, 2.24) is 4.98 Å². The molecule has 1 heterocycles. The Morgan fingerprint density at radius 1 is 1.64 bits per heavy atom. The maximum absolute atomic E-state index is 10.7. The van der Waals surface area contributed by atoms with Gasteiger partial charge in [-0.05, 0) is 6.07 Å². The molecule has 0 aliphatic rings. The van der Waals surface area contributed by atoms with Gasteiger partial charge in [-0.3, -0.25) is 4.79 Å². The number of halogens is 1. The first-order valence-corrected chi connectivity index (χ1v) is 4.13. The number of carbonyl (C=O) groups is 1. The molecule has 0 spiro atoms. The summed E-state index contributed by atoms with van der Waals surface area (Å²) in [6, 6.07) is 5.13. The first-order valence-electron chi connectivity index (χ1n) is 3.00. The van der Waals surface area contributed by atoms with Gasteiger partial charge in [-0.15, -0.1) is 0 Å². The normalized spacial score (nSPS) is 9.18. The van der Waals surface area contributed by atoms with Gasteiger partial charge in [-0.2, -0.15) is 0 Å². The summed E-state index contributed by atoms with van der Waals surface area (Å²) in [5, 5.41) is 0.184. The molecule has 0 aliphatic heterocycles. The second kappa shape index (κ2) is 4.08. The third kappa shape index (κ3) is 2.67. The standard InChI is InChI=1S/C7H6BrNO2/c8-5-7(10)11-6-3-1-2-4-9-6/h1-4H,5H2. The van der Waals surface area contributed by atoms with Crippen molar-refractivity contribution < 1.29 is 9.53 Å². The van der Waals surface area contributed by atoms with Crippen LogP contribution in [0.4, 0.5) is 0 Å². The van der Waals surface area contributed by atoms with Crippen LogP contribution in [0.3, 0.4) is 0 Å². The van der Waals surface area contributed by atoms with Crippen molar-refractivity contribution >= 4 is 21.9 Å². The highest BCUT2D eigenvalue weighted by Crippen LogP contribution is 2.03. The SMILES string of the molecule is O=C(CBr)Oc1ccccn1. The Hall–Kier alpha value is -0.900. The van der Waals surface area contributed by atoms with E-state index in [2.05, 4.69) is 20.9 Å². The van der Waals surface area contributed by atoms with Gasteiger partial charge in [0, 0.05) is 12.3 Å². The summed E-state index contributed by atoms with van der Waals surface area (Å²) in [5.74, 6) is -0.0133. The lowest BCUT2D eigenvalue weighted by molar-refractivity contribution is -0.131. The topological polar surface area (TPSA) is 39.2 Å². The van der Waals surface area contributed by atoms with Crippen molar-refractivity contribution in [2.45, 2.75) is 0 Å². The van der Waals surface area contributed by atoms with Crippen LogP contribution in [-0.4, -0.2) is 16.3 Å². The molecule has 0 aliphatic carbocycles. The van der Waals surface area contributed by atoms with Crippen LogP contribution in [-0.2, 0) is 4.79 Å². The monoisotopic (exact) mass is 215 g/mol. The van der Waals surface area contributed by atoms with Crippen LogP contribution in [0.1, 0.15) is 0 Å². The molecule has 3 nitrogen and oxygen atoms in total. The van der Waals surface area contributed by atoms with Crippen LogP contribution >= 0.6 is 15.9 Å². The zero-order valence-corrected chi connectivity index (χ0v) is 7.24. The summed E-state index contributed by atoms with van der Waals surface area (Å²) < 4.78 is 4.77. The van der Waals surface area contributed by atoms with Gasteiger partial charge in [0.2, 0.25) is 5.88 Å². The lowest BCUT2D eigenvalue weighted by Crippen LogP contribution is -2.09. The van der Waals surface area contributed by atoms with E-state index in [1.165, 1.54) is 0 Å². The van der Waals surface area contributed by atoms with Gasteiger partial charge >= 0.3 is 5.97 Å². The Labute approximate surface area is 72.5 Å². The van der Waals surface area contributed by atoms with Gasteiger partial charge in [0.05, 0.1) is 0 Å². The van der Waals surface area contributed by atoms with Crippen LogP contribution in [0.25, 0.3) is 0 Å². The molecule has 11 heavy (non-hydrogen) atoms. The Kier molecular flexibility index (Phi) is 3.04. The van der Waals surface area contributed by atoms with E-state index in [1.54, 1.807) is 24.4 Å². The maximum atomic E-state index is 10.7. The van der Waals surface area contributed by atoms with Crippen molar-refractivity contribution in [3.63, 3.8) is 0 Å². The number of alkyl halides is 1. The van der Waals surface area contributed by atoms with Gasteiger partial charge < -0.3 is 4.74 Å².